The van der Waals surface area contributed by atoms with Crippen LogP contribution < -0.4 is 5.73 Å². The van der Waals surface area contributed by atoms with Crippen molar-refractivity contribution in [3.05, 3.63) is 35.6 Å². The fourth-order valence-corrected chi connectivity index (χ4v) is 2.74. The average Bonchev–Trinajstić information content (AvgIpc) is 2.38. The topological polar surface area (TPSA) is 29.3 Å². The molecular formula is C16H27FN2. The summed E-state index contributed by atoms with van der Waals surface area (Å²) in [4.78, 5) is 2.39. The molecule has 0 saturated heterocycles. The Labute approximate surface area is 116 Å². The molecule has 0 aromatic heterocycles. The second kappa shape index (κ2) is 7.01. The molecule has 19 heavy (non-hydrogen) atoms. The quantitative estimate of drug-likeness (QED) is 0.821. The van der Waals surface area contributed by atoms with Crippen molar-refractivity contribution >= 4 is 0 Å². The first kappa shape index (κ1) is 16.1. The Balaban J connectivity index is 2.99. The van der Waals surface area contributed by atoms with E-state index in [4.69, 9.17) is 5.73 Å². The first-order valence-electron chi connectivity index (χ1n) is 7.15. The molecule has 0 aliphatic heterocycles. The van der Waals surface area contributed by atoms with Gasteiger partial charge in [-0.25, -0.2) is 4.39 Å². The lowest BCUT2D eigenvalue weighted by atomic mass is 9.89. The molecular weight excluding hydrogens is 239 g/mol. The number of benzene rings is 1. The summed E-state index contributed by atoms with van der Waals surface area (Å²) in [6, 6.07) is 7.39. The average molecular weight is 266 g/mol. The minimum absolute atomic E-state index is 0.137. The number of nitrogens with zero attached hydrogens (tertiary/aromatic N) is 1. The number of halogens is 1. The third-order valence-electron chi connectivity index (χ3n) is 3.75. The van der Waals surface area contributed by atoms with E-state index < -0.39 is 0 Å². The van der Waals surface area contributed by atoms with Crippen molar-refractivity contribution < 1.29 is 4.39 Å². The summed E-state index contributed by atoms with van der Waals surface area (Å²) in [5.74, 6) is -0.137. The van der Waals surface area contributed by atoms with E-state index in [9.17, 15) is 4.39 Å². The van der Waals surface area contributed by atoms with Gasteiger partial charge in [-0.05, 0) is 51.8 Å². The summed E-state index contributed by atoms with van der Waals surface area (Å²) in [6.07, 6.45) is 1.72. The van der Waals surface area contributed by atoms with E-state index in [-0.39, 0.29) is 11.4 Å². The lowest BCUT2D eigenvalue weighted by Crippen LogP contribution is -2.56. The molecule has 0 spiro atoms. The predicted molar refractivity (Wildman–Crippen MR) is 79.7 cm³/mol. The van der Waals surface area contributed by atoms with Crippen molar-refractivity contribution in [2.45, 2.75) is 52.1 Å². The van der Waals surface area contributed by atoms with Crippen molar-refractivity contribution in [3.8, 4) is 0 Å². The zero-order chi connectivity index (χ0) is 14.5. The van der Waals surface area contributed by atoms with Crippen molar-refractivity contribution in [2.75, 3.05) is 13.1 Å². The highest BCUT2D eigenvalue weighted by Gasteiger charge is 2.32. The Morgan fingerprint density at radius 2 is 1.95 bits per heavy atom. The summed E-state index contributed by atoms with van der Waals surface area (Å²) in [7, 11) is 0. The summed E-state index contributed by atoms with van der Waals surface area (Å²) >= 11 is 0. The van der Waals surface area contributed by atoms with Gasteiger partial charge in [0.15, 0.2) is 0 Å². The standard InChI is InChI=1S/C16H27FN2/c1-5-10-19(13(2)3)16(4,12-18)11-14-8-6-7-9-15(14)17/h6-9,13H,5,10-12,18H2,1-4H3. The lowest BCUT2D eigenvalue weighted by Gasteiger charge is -2.43. The Bertz CT molecular complexity index is 392. The van der Waals surface area contributed by atoms with E-state index >= 15 is 0 Å². The Morgan fingerprint density at radius 3 is 2.42 bits per heavy atom. The normalized spacial score (nSPS) is 14.9. The molecule has 1 atom stereocenters. The van der Waals surface area contributed by atoms with E-state index in [2.05, 4.69) is 32.6 Å². The molecule has 0 heterocycles. The molecule has 0 aliphatic carbocycles. The first-order chi connectivity index (χ1) is 8.94. The zero-order valence-corrected chi connectivity index (χ0v) is 12.6. The van der Waals surface area contributed by atoms with Crippen LogP contribution in [0.25, 0.3) is 0 Å². The monoisotopic (exact) mass is 266 g/mol. The zero-order valence-electron chi connectivity index (χ0n) is 12.6. The van der Waals surface area contributed by atoms with Gasteiger partial charge in [-0.1, -0.05) is 25.1 Å². The SMILES string of the molecule is CCCN(C(C)C)C(C)(CN)Cc1ccccc1F. The Kier molecular flexibility index (Phi) is 5.95. The van der Waals surface area contributed by atoms with Crippen molar-refractivity contribution in [2.24, 2.45) is 5.73 Å². The van der Waals surface area contributed by atoms with Gasteiger partial charge in [0.25, 0.3) is 0 Å². The summed E-state index contributed by atoms with van der Waals surface area (Å²) in [5, 5.41) is 0. The molecule has 108 valence electrons. The lowest BCUT2D eigenvalue weighted by molar-refractivity contribution is 0.0751. The van der Waals surface area contributed by atoms with Crippen LogP contribution in [0.15, 0.2) is 24.3 Å². The Hall–Kier alpha value is -0.930. The maximum atomic E-state index is 13.8. The summed E-state index contributed by atoms with van der Waals surface area (Å²) < 4.78 is 13.8. The van der Waals surface area contributed by atoms with Crippen molar-refractivity contribution in [1.29, 1.82) is 0 Å². The van der Waals surface area contributed by atoms with E-state index in [1.807, 2.05) is 12.1 Å². The van der Waals surface area contributed by atoms with Gasteiger partial charge >= 0.3 is 0 Å². The third-order valence-corrected chi connectivity index (χ3v) is 3.75. The summed E-state index contributed by atoms with van der Waals surface area (Å²) in [5.41, 5.74) is 6.56. The smallest absolute Gasteiger partial charge is 0.126 e. The first-order valence-corrected chi connectivity index (χ1v) is 7.15. The van der Waals surface area contributed by atoms with Crippen LogP contribution in [0, 0.1) is 5.82 Å². The second-order valence-corrected chi connectivity index (χ2v) is 5.76. The van der Waals surface area contributed by atoms with Gasteiger partial charge in [-0.15, -0.1) is 0 Å². The predicted octanol–water partition coefficient (Wildman–Crippen LogP) is 3.21. The molecule has 2 nitrogen and oxygen atoms in total. The van der Waals surface area contributed by atoms with Gasteiger partial charge in [-0.2, -0.15) is 0 Å². The molecule has 0 radical (unpaired) electrons. The van der Waals surface area contributed by atoms with E-state index in [1.54, 1.807) is 6.07 Å². The van der Waals surface area contributed by atoms with Gasteiger partial charge in [0, 0.05) is 18.1 Å². The fraction of sp³-hybridized carbons (Fsp3) is 0.625. The van der Waals surface area contributed by atoms with Gasteiger partial charge in [0.2, 0.25) is 0 Å². The molecule has 1 aromatic rings. The van der Waals surface area contributed by atoms with E-state index in [0.717, 1.165) is 18.5 Å². The van der Waals surface area contributed by atoms with E-state index in [0.29, 0.717) is 19.0 Å². The molecule has 0 saturated carbocycles. The van der Waals surface area contributed by atoms with Crippen LogP contribution in [0.5, 0.6) is 0 Å². The molecule has 0 amide bonds. The van der Waals surface area contributed by atoms with Crippen LogP contribution in [0.3, 0.4) is 0 Å². The van der Waals surface area contributed by atoms with Gasteiger partial charge in [-0.3, -0.25) is 4.90 Å². The highest BCUT2D eigenvalue weighted by atomic mass is 19.1. The van der Waals surface area contributed by atoms with Crippen molar-refractivity contribution in [1.82, 2.24) is 4.90 Å². The number of rotatable bonds is 7. The second-order valence-electron chi connectivity index (χ2n) is 5.76. The summed E-state index contributed by atoms with van der Waals surface area (Å²) in [6.45, 7) is 10.2. The highest BCUT2D eigenvalue weighted by molar-refractivity contribution is 5.20. The van der Waals surface area contributed by atoms with Crippen LogP contribution in [0.2, 0.25) is 0 Å². The Morgan fingerprint density at radius 1 is 1.32 bits per heavy atom. The minimum Gasteiger partial charge on any atom is -0.329 e. The van der Waals surface area contributed by atoms with Crippen LogP contribution in [0.1, 0.15) is 39.7 Å². The van der Waals surface area contributed by atoms with Gasteiger partial charge < -0.3 is 5.73 Å². The van der Waals surface area contributed by atoms with Gasteiger partial charge in [0.05, 0.1) is 0 Å². The maximum Gasteiger partial charge on any atom is 0.126 e. The molecule has 0 aliphatic rings. The molecule has 0 fully saturated rings. The van der Waals surface area contributed by atoms with Gasteiger partial charge in [0.1, 0.15) is 5.82 Å². The fourth-order valence-electron chi connectivity index (χ4n) is 2.74. The molecule has 1 rings (SSSR count). The molecule has 3 heteroatoms. The molecule has 1 aromatic carbocycles. The van der Waals surface area contributed by atoms with E-state index in [1.165, 1.54) is 6.07 Å². The molecule has 2 N–H and O–H groups in total. The van der Waals surface area contributed by atoms with Crippen LogP contribution in [0.4, 0.5) is 4.39 Å². The largest absolute Gasteiger partial charge is 0.329 e. The number of nitrogens with two attached hydrogens (primary N) is 1. The maximum absolute atomic E-state index is 13.8. The van der Waals surface area contributed by atoms with Crippen LogP contribution in [-0.4, -0.2) is 29.6 Å². The number of hydrogen-bond acceptors (Lipinski definition) is 2. The van der Waals surface area contributed by atoms with Crippen LogP contribution >= 0.6 is 0 Å². The minimum atomic E-state index is -0.202. The van der Waals surface area contributed by atoms with Crippen LogP contribution in [-0.2, 0) is 6.42 Å². The number of hydrogen-bond donors (Lipinski definition) is 1. The van der Waals surface area contributed by atoms with Crippen molar-refractivity contribution in [3.63, 3.8) is 0 Å². The highest BCUT2D eigenvalue weighted by Crippen LogP contribution is 2.24. The molecule has 0 bridgehead atoms. The third kappa shape index (κ3) is 4.02. The molecule has 1 unspecified atom stereocenters.